The van der Waals surface area contributed by atoms with Gasteiger partial charge in [-0.05, 0) is 29.5 Å². The summed E-state index contributed by atoms with van der Waals surface area (Å²) in [6.07, 6.45) is -4.94. The number of pyridine rings is 1. The van der Waals surface area contributed by atoms with Crippen LogP contribution in [0.1, 0.15) is 23.1 Å². The van der Waals surface area contributed by atoms with Gasteiger partial charge in [-0.15, -0.1) is 13.2 Å². The number of aromatic nitrogens is 1. The van der Waals surface area contributed by atoms with Crippen molar-refractivity contribution in [3.8, 4) is 5.75 Å². The van der Waals surface area contributed by atoms with Crippen LogP contribution in [0, 0.1) is 3.57 Å². The highest BCUT2D eigenvalue weighted by atomic mass is 127. The molecule has 1 aromatic rings. The van der Waals surface area contributed by atoms with Gasteiger partial charge in [-0.25, -0.2) is 14.2 Å². The minimum Gasteiger partial charge on any atom is -0.461 e. The first-order valence-electron chi connectivity index (χ1n) is 4.96. The number of rotatable bonds is 4. The smallest absolute Gasteiger partial charge is 0.461 e. The highest BCUT2D eigenvalue weighted by Gasteiger charge is 2.33. The van der Waals surface area contributed by atoms with E-state index in [0.717, 1.165) is 6.07 Å². The highest BCUT2D eigenvalue weighted by Crippen LogP contribution is 2.30. The van der Waals surface area contributed by atoms with Crippen LogP contribution < -0.4 is 4.74 Å². The number of esters is 1. The minimum atomic E-state index is -4.94. The van der Waals surface area contributed by atoms with Gasteiger partial charge in [0.25, 0.3) is 0 Å². The van der Waals surface area contributed by atoms with Crippen molar-refractivity contribution in [2.75, 3.05) is 6.61 Å². The second-order valence-corrected chi connectivity index (χ2v) is 4.25. The molecule has 19 heavy (non-hydrogen) atoms. The Morgan fingerprint density at radius 3 is 2.58 bits per heavy atom. The maximum absolute atomic E-state index is 12.7. The molecule has 0 bridgehead atoms. The molecule has 106 valence electrons. The van der Waals surface area contributed by atoms with Crippen LogP contribution in [0.4, 0.5) is 17.6 Å². The van der Waals surface area contributed by atoms with Gasteiger partial charge in [0.15, 0.2) is 5.69 Å². The third-order valence-electron chi connectivity index (χ3n) is 1.83. The molecule has 0 radical (unpaired) electrons. The number of alkyl halides is 4. The van der Waals surface area contributed by atoms with Gasteiger partial charge < -0.3 is 9.47 Å². The van der Waals surface area contributed by atoms with Gasteiger partial charge in [0.1, 0.15) is 12.4 Å². The van der Waals surface area contributed by atoms with Crippen molar-refractivity contribution in [2.24, 2.45) is 0 Å². The number of hydrogen-bond donors (Lipinski definition) is 0. The molecule has 1 rings (SSSR count). The second kappa shape index (κ2) is 6.35. The van der Waals surface area contributed by atoms with Crippen molar-refractivity contribution < 1.29 is 31.8 Å². The van der Waals surface area contributed by atoms with E-state index in [1.54, 1.807) is 0 Å². The Labute approximate surface area is 119 Å². The average molecular weight is 393 g/mol. The summed E-state index contributed by atoms with van der Waals surface area (Å²) in [5.41, 5.74) is -0.750. The zero-order chi connectivity index (χ0) is 14.6. The third kappa shape index (κ3) is 4.48. The predicted octanol–water partition coefficient (Wildman–Crippen LogP) is 3.23. The monoisotopic (exact) mass is 393 g/mol. The standard InChI is InChI=1S/C10H8F4INO3/c1-2-18-9(17)5-3-7(19-10(12,13)14)8(15)6(4-11)16-5/h3H,2,4H2,1H3. The summed E-state index contributed by atoms with van der Waals surface area (Å²) in [5.74, 6) is -1.63. The Hall–Kier alpha value is -1.13. The fourth-order valence-electron chi connectivity index (χ4n) is 1.15. The summed E-state index contributed by atoms with van der Waals surface area (Å²) >= 11 is 1.46. The lowest BCUT2D eigenvalue weighted by Crippen LogP contribution is -2.19. The lowest BCUT2D eigenvalue weighted by molar-refractivity contribution is -0.275. The van der Waals surface area contributed by atoms with Crippen LogP contribution >= 0.6 is 22.6 Å². The SMILES string of the molecule is CCOC(=O)c1cc(OC(F)(F)F)c(I)c(CF)n1. The summed E-state index contributed by atoms with van der Waals surface area (Å²) in [6, 6.07) is 0.770. The first-order chi connectivity index (χ1) is 8.78. The minimum absolute atomic E-state index is 0.0208. The molecule has 9 heteroatoms. The summed E-state index contributed by atoms with van der Waals surface area (Å²) in [6.45, 7) is 0.417. The van der Waals surface area contributed by atoms with Gasteiger partial charge in [0.2, 0.25) is 0 Å². The number of ether oxygens (including phenoxy) is 2. The number of carbonyl (C=O) groups is 1. The van der Waals surface area contributed by atoms with Crippen LogP contribution in [0.2, 0.25) is 0 Å². The van der Waals surface area contributed by atoms with Crippen molar-refractivity contribution in [2.45, 2.75) is 20.0 Å². The van der Waals surface area contributed by atoms with Crippen molar-refractivity contribution in [3.05, 3.63) is 21.0 Å². The Kier molecular flexibility index (Phi) is 5.32. The van der Waals surface area contributed by atoms with Gasteiger partial charge >= 0.3 is 12.3 Å². The van der Waals surface area contributed by atoms with Crippen LogP contribution in [-0.2, 0) is 11.4 Å². The summed E-state index contributed by atoms with van der Waals surface area (Å²) < 4.78 is 57.4. The van der Waals surface area contributed by atoms with E-state index in [4.69, 9.17) is 0 Å². The summed E-state index contributed by atoms with van der Waals surface area (Å²) in [7, 11) is 0. The molecule has 0 N–H and O–H groups in total. The van der Waals surface area contributed by atoms with E-state index in [9.17, 15) is 22.4 Å². The molecule has 0 amide bonds. The Morgan fingerprint density at radius 2 is 2.11 bits per heavy atom. The topological polar surface area (TPSA) is 48.4 Å². The van der Waals surface area contributed by atoms with E-state index in [1.165, 1.54) is 29.5 Å². The van der Waals surface area contributed by atoms with E-state index in [0.29, 0.717) is 0 Å². The maximum atomic E-state index is 12.7. The van der Waals surface area contributed by atoms with Gasteiger partial charge in [0.05, 0.1) is 15.9 Å². The van der Waals surface area contributed by atoms with E-state index in [2.05, 4.69) is 14.5 Å². The van der Waals surface area contributed by atoms with Crippen LogP contribution in [-0.4, -0.2) is 23.9 Å². The number of hydrogen-bond acceptors (Lipinski definition) is 4. The molecule has 0 saturated carbocycles. The Morgan fingerprint density at radius 1 is 1.47 bits per heavy atom. The van der Waals surface area contributed by atoms with Crippen molar-refractivity contribution in [1.82, 2.24) is 4.98 Å². The lowest BCUT2D eigenvalue weighted by Gasteiger charge is -2.13. The first kappa shape index (κ1) is 15.9. The number of carbonyl (C=O) groups excluding carboxylic acids is 1. The van der Waals surface area contributed by atoms with Crippen LogP contribution in [0.3, 0.4) is 0 Å². The molecular weight excluding hydrogens is 385 g/mol. The molecule has 0 aromatic carbocycles. The molecule has 4 nitrogen and oxygen atoms in total. The molecule has 0 spiro atoms. The van der Waals surface area contributed by atoms with Crippen molar-refractivity contribution in [3.63, 3.8) is 0 Å². The first-order valence-corrected chi connectivity index (χ1v) is 6.04. The molecule has 0 saturated heterocycles. The van der Waals surface area contributed by atoms with Crippen LogP contribution in [0.5, 0.6) is 5.75 Å². The lowest BCUT2D eigenvalue weighted by atomic mass is 10.3. The number of halogens is 5. The van der Waals surface area contributed by atoms with Gasteiger partial charge in [-0.3, -0.25) is 0 Å². The molecular formula is C10H8F4INO3. The zero-order valence-electron chi connectivity index (χ0n) is 9.55. The van der Waals surface area contributed by atoms with E-state index in [1.807, 2.05) is 0 Å². The van der Waals surface area contributed by atoms with Crippen LogP contribution in [0.15, 0.2) is 6.07 Å². The van der Waals surface area contributed by atoms with Crippen LogP contribution in [0.25, 0.3) is 0 Å². The zero-order valence-corrected chi connectivity index (χ0v) is 11.7. The Balaban J connectivity index is 3.22. The number of nitrogens with zero attached hydrogens (tertiary/aromatic N) is 1. The summed E-state index contributed by atoms with van der Waals surface area (Å²) in [4.78, 5) is 15.0. The molecule has 0 aliphatic rings. The highest BCUT2D eigenvalue weighted by molar-refractivity contribution is 14.1. The van der Waals surface area contributed by atoms with Crippen molar-refractivity contribution in [1.29, 1.82) is 0 Å². The normalized spacial score (nSPS) is 11.3. The fourth-order valence-corrected chi connectivity index (χ4v) is 1.68. The van der Waals surface area contributed by atoms with E-state index in [-0.39, 0.29) is 15.9 Å². The molecule has 0 atom stereocenters. The van der Waals surface area contributed by atoms with E-state index < -0.39 is 30.4 Å². The quantitative estimate of drug-likeness (QED) is 0.448. The third-order valence-corrected chi connectivity index (χ3v) is 2.98. The molecule has 0 unspecified atom stereocenters. The van der Waals surface area contributed by atoms with Gasteiger partial charge in [0, 0.05) is 6.07 Å². The molecule has 0 aliphatic carbocycles. The molecule has 1 heterocycles. The Bertz CT molecular complexity index is 479. The largest absolute Gasteiger partial charge is 0.573 e. The predicted molar refractivity (Wildman–Crippen MR) is 64.4 cm³/mol. The summed E-state index contributed by atoms with van der Waals surface area (Å²) in [5, 5.41) is 0. The molecule has 0 fully saturated rings. The van der Waals surface area contributed by atoms with Gasteiger partial charge in [-0.2, -0.15) is 0 Å². The average Bonchev–Trinajstić information content (AvgIpc) is 2.30. The molecule has 0 aliphatic heterocycles. The van der Waals surface area contributed by atoms with Crippen molar-refractivity contribution >= 4 is 28.6 Å². The molecule has 1 aromatic heterocycles. The van der Waals surface area contributed by atoms with E-state index >= 15 is 0 Å². The fraction of sp³-hybridized carbons (Fsp3) is 0.400. The second-order valence-electron chi connectivity index (χ2n) is 3.17. The van der Waals surface area contributed by atoms with Gasteiger partial charge in [-0.1, -0.05) is 0 Å². The maximum Gasteiger partial charge on any atom is 0.573 e.